The molecule has 0 saturated heterocycles. The van der Waals surface area contributed by atoms with Crippen LogP contribution in [0, 0.1) is 0 Å². The van der Waals surface area contributed by atoms with Crippen molar-refractivity contribution in [2.45, 2.75) is 54.4 Å². The van der Waals surface area contributed by atoms with Gasteiger partial charge in [-0.05, 0) is 39.3 Å². The van der Waals surface area contributed by atoms with Crippen molar-refractivity contribution in [2.24, 2.45) is 0 Å². The standard InChI is InChI=1S/C20H45N3O3/c1-8-21(9-2)14-17-24-20(7,25-18-15-22(10-3)11-4)26-19-16-23(12-5)13-6/h8-19H2,1-7H3. The molecule has 0 fully saturated rings. The smallest absolute Gasteiger partial charge is 0.280 e. The molecule has 0 N–H and O–H groups in total. The lowest BCUT2D eigenvalue weighted by Crippen LogP contribution is -2.42. The fourth-order valence-corrected chi connectivity index (χ4v) is 2.82. The number of hydrogen-bond donors (Lipinski definition) is 0. The molecule has 0 amide bonds. The quantitative estimate of drug-likeness (QED) is 0.343. The first-order valence-corrected chi connectivity index (χ1v) is 10.6. The summed E-state index contributed by atoms with van der Waals surface area (Å²) in [5.74, 6) is -0.979. The fraction of sp³-hybridized carbons (Fsp3) is 1.00. The Morgan fingerprint density at radius 2 is 0.731 bits per heavy atom. The molecule has 6 nitrogen and oxygen atoms in total. The molecule has 0 rings (SSSR count). The van der Waals surface area contributed by atoms with Crippen LogP contribution in [-0.2, 0) is 14.2 Å². The van der Waals surface area contributed by atoms with Crippen LogP contribution in [0.1, 0.15) is 48.5 Å². The predicted molar refractivity (Wildman–Crippen MR) is 110 cm³/mol. The normalized spacial score (nSPS) is 12.7. The van der Waals surface area contributed by atoms with Gasteiger partial charge in [0, 0.05) is 26.6 Å². The first kappa shape index (κ1) is 25.8. The number of ether oxygens (including phenoxy) is 3. The van der Waals surface area contributed by atoms with Gasteiger partial charge in [0.05, 0.1) is 19.8 Å². The monoisotopic (exact) mass is 375 g/mol. The Balaban J connectivity index is 4.52. The van der Waals surface area contributed by atoms with Gasteiger partial charge in [0.15, 0.2) is 0 Å². The van der Waals surface area contributed by atoms with Crippen LogP contribution in [0.4, 0.5) is 0 Å². The molecule has 26 heavy (non-hydrogen) atoms. The summed E-state index contributed by atoms with van der Waals surface area (Å²) in [5, 5.41) is 0. The van der Waals surface area contributed by atoms with Gasteiger partial charge in [-0.2, -0.15) is 0 Å². The molecule has 0 atom stereocenters. The van der Waals surface area contributed by atoms with E-state index < -0.39 is 5.97 Å². The van der Waals surface area contributed by atoms with E-state index in [1.807, 2.05) is 6.92 Å². The lowest BCUT2D eigenvalue weighted by molar-refractivity contribution is -0.370. The van der Waals surface area contributed by atoms with Gasteiger partial charge in [-0.25, -0.2) is 0 Å². The van der Waals surface area contributed by atoms with Gasteiger partial charge in [0.1, 0.15) is 0 Å². The number of nitrogens with zero attached hydrogens (tertiary/aromatic N) is 3. The second-order valence-electron chi connectivity index (χ2n) is 6.49. The summed E-state index contributed by atoms with van der Waals surface area (Å²) in [6, 6.07) is 0. The summed E-state index contributed by atoms with van der Waals surface area (Å²) in [6.45, 7) is 25.6. The number of rotatable bonds is 18. The Morgan fingerprint density at radius 3 is 0.923 bits per heavy atom. The van der Waals surface area contributed by atoms with Crippen molar-refractivity contribution < 1.29 is 14.2 Å². The zero-order valence-corrected chi connectivity index (χ0v) is 18.6. The molecule has 0 aliphatic heterocycles. The second-order valence-corrected chi connectivity index (χ2v) is 6.49. The zero-order valence-electron chi connectivity index (χ0n) is 18.6. The summed E-state index contributed by atoms with van der Waals surface area (Å²) in [4.78, 5) is 7.02. The van der Waals surface area contributed by atoms with Crippen LogP contribution >= 0.6 is 0 Å². The van der Waals surface area contributed by atoms with Gasteiger partial charge >= 0.3 is 0 Å². The third kappa shape index (κ3) is 11.5. The summed E-state index contributed by atoms with van der Waals surface area (Å²) in [6.07, 6.45) is 0. The van der Waals surface area contributed by atoms with Crippen LogP contribution in [0.5, 0.6) is 0 Å². The van der Waals surface area contributed by atoms with E-state index >= 15 is 0 Å². The molecule has 0 aromatic rings. The van der Waals surface area contributed by atoms with E-state index in [4.69, 9.17) is 14.2 Å². The molecule has 0 aromatic carbocycles. The van der Waals surface area contributed by atoms with Crippen LogP contribution in [0.2, 0.25) is 0 Å². The highest BCUT2D eigenvalue weighted by Gasteiger charge is 2.27. The van der Waals surface area contributed by atoms with Gasteiger partial charge < -0.3 is 28.9 Å². The predicted octanol–water partition coefficient (Wildman–Crippen LogP) is 2.74. The van der Waals surface area contributed by atoms with Gasteiger partial charge in [0.25, 0.3) is 5.97 Å². The lowest BCUT2D eigenvalue weighted by atomic mass is 10.4. The van der Waals surface area contributed by atoms with E-state index in [-0.39, 0.29) is 0 Å². The molecular formula is C20H45N3O3. The maximum absolute atomic E-state index is 6.04. The molecule has 0 bridgehead atoms. The van der Waals surface area contributed by atoms with Crippen LogP contribution in [0.15, 0.2) is 0 Å². The highest BCUT2D eigenvalue weighted by atomic mass is 16.9. The minimum absolute atomic E-state index is 0.606. The Kier molecular flexibility index (Phi) is 15.6. The van der Waals surface area contributed by atoms with E-state index in [2.05, 4.69) is 56.2 Å². The molecule has 0 unspecified atom stereocenters. The first-order valence-electron chi connectivity index (χ1n) is 10.6. The topological polar surface area (TPSA) is 37.4 Å². The van der Waals surface area contributed by atoms with E-state index in [9.17, 15) is 0 Å². The summed E-state index contributed by atoms with van der Waals surface area (Å²) < 4.78 is 18.1. The minimum Gasteiger partial charge on any atom is -0.326 e. The maximum atomic E-state index is 6.04. The Bertz CT molecular complexity index is 261. The van der Waals surface area contributed by atoms with E-state index in [0.29, 0.717) is 19.8 Å². The van der Waals surface area contributed by atoms with E-state index in [1.54, 1.807) is 0 Å². The van der Waals surface area contributed by atoms with Crippen LogP contribution < -0.4 is 0 Å². The van der Waals surface area contributed by atoms with Gasteiger partial charge in [-0.3, -0.25) is 0 Å². The summed E-state index contributed by atoms with van der Waals surface area (Å²) in [7, 11) is 0. The van der Waals surface area contributed by atoms with Gasteiger partial charge in [0.2, 0.25) is 0 Å². The lowest BCUT2D eigenvalue weighted by Gasteiger charge is -2.32. The van der Waals surface area contributed by atoms with Crippen molar-refractivity contribution in [3.05, 3.63) is 0 Å². The van der Waals surface area contributed by atoms with Crippen molar-refractivity contribution in [1.29, 1.82) is 0 Å². The van der Waals surface area contributed by atoms with Crippen molar-refractivity contribution in [1.82, 2.24) is 14.7 Å². The third-order valence-corrected chi connectivity index (χ3v) is 5.00. The van der Waals surface area contributed by atoms with E-state index in [1.165, 1.54) is 0 Å². The van der Waals surface area contributed by atoms with Crippen molar-refractivity contribution in [2.75, 3.05) is 78.7 Å². The Hall–Kier alpha value is -0.240. The highest BCUT2D eigenvalue weighted by molar-refractivity contribution is 4.58. The van der Waals surface area contributed by atoms with Gasteiger partial charge in [-0.1, -0.05) is 41.5 Å². The molecule has 0 spiro atoms. The second kappa shape index (κ2) is 15.8. The molecule has 6 heteroatoms. The van der Waals surface area contributed by atoms with Crippen molar-refractivity contribution in [3.63, 3.8) is 0 Å². The first-order chi connectivity index (χ1) is 12.5. The molecule has 0 heterocycles. The fourth-order valence-electron chi connectivity index (χ4n) is 2.82. The average Bonchev–Trinajstić information content (AvgIpc) is 2.66. The number of hydrogen-bond acceptors (Lipinski definition) is 6. The maximum Gasteiger partial charge on any atom is 0.280 e. The van der Waals surface area contributed by atoms with E-state index in [0.717, 1.165) is 58.9 Å². The third-order valence-electron chi connectivity index (χ3n) is 5.00. The molecule has 0 aromatic heterocycles. The van der Waals surface area contributed by atoms with Gasteiger partial charge in [-0.15, -0.1) is 0 Å². The minimum atomic E-state index is -0.979. The van der Waals surface area contributed by atoms with Crippen LogP contribution in [0.25, 0.3) is 0 Å². The largest absolute Gasteiger partial charge is 0.326 e. The molecule has 0 radical (unpaired) electrons. The summed E-state index contributed by atoms with van der Waals surface area (Å²) in [5.41, 5.74) is 0. The molecule has 158 valence electrons. The zero-order chi connectivity index (χ0) is 19.8. The summed E-state index contributed by atoms with van der Waals surface area (Å²) >= 11 is 0. The van der Waals surface area contributed by atoms with Crippen LogP contribution in [-0.4, -0.2) is 99.4 Å². The Morgan fingerprint density at radius 1 is 0.500 bits per heavy atom. The average molecular weight is 376 g/mol. The highest BCUT2D eigenvalue weighted by Crippen LogP contribution is 2.15. The molecule has 0 aliphatic rings. The SMILES string of the molecule is CCN(CC)CCOC(C)(OCCN(CC)CC)OCCN(CC)CC. The van der Waals surface area contributed by atoms with Crippen molar-refractivity contribution >= 4 is 0 Å². The molecule has 0 saturated carbocycles. The van der Waals surface area contributed by atoms with Crippen molar-refractivity contribution in [3.8, 4) is 0 Å². The molecule has 0 aliphatic carbocycles. The molecular weight excluding hydrogens is 330 g/mol. The number of likely N-dealkylation sites (N-methyl/N-ethyl adjacent to an activating group) is 3. The Labute approximate surface area is 162 Å². The van der Waals surface area contributed by atoms with Crippen LogP contribution in [0.3, 0.4) is 0 Å².